The predicted molar refractivity (Wildman–Crippen MR) is 78.6 cm³/mol. The molecular formula is C13H15BrClN3O. The van der Waals surface area contributed by atoms with E-state index in [0.29, 0.717) is 17.5 Å². The van der Waals surface area contributed by atoms with Crippen LogP contribution in [0, 0.1) is 0 Å². The van der Waals surface area contributed by atoms with Crippen LogP contribution in [0.1, 0.15) is 25.2 Å². The summed E-state index contributed by atoms with van der Waals surface area (Å²) >= 11 is 9.32. The Hall–Kier alpha value is -1.07. The fraction of sp³-hybridized carbons (Fsp3) is 0.385. The van der Waals surface area contributed by atoms with Gasteiger partial charge in [-0.15, -0.1) is 0 Å². The summed E-state index contributed by atoms with van der Waals surface area (Å²) in [5.74, 6) is 0.693. The van der Waals surface area contributed by atoms with Gasteiger partial charge in [0.25, 0.3) is 0 Å². The lowest BCUT2D eigenvalue weighted by atomic mass is 10.3. The summed E-state index contributed by atoms with van der Waals surface area (Å²) in [6.45, 7) is 5.41. The van der Waals surface area contributed by atoms with Crippen molar-refractivity contribution in [3.05, 3.63) is 39.3 Å². The van der Waals surface area contributed by atoms with Crippen LogP contribution in [0.15, 0.2) is 22.8 Å². The van der Waals surface area contributed by atoms with E-state index in [9.17, 15) is 0 Å². The smallest absolute Gasteiger partial charge is 0.138 e. The quantitative estimate of drug-likeness (QED) is 0.773. The highest BCUT2D eigenvalue weighted by Crippen LogP contribution is 2.24. The molecule has 0 fully saturated rings. The molecular weight excluding hydrogens is 330 g/mol. The highest BCUT2D eigenvalue weighted by molar-refractivity contribution is 9.10. The average molecular weight is 345 g/mol. The molecule has 19 heavy (non-hydrogen) atoms. The number of aryl methyl sites for hydroxylation is 2. The molecule has 0 radical (unpaired) electrons. The summed E-state index contributed by atoms with van der Waals surface area (Å²) in [5.41, 5.74) is 2.09. The molecule has 0 unspecified atom stereocenters. The first-order valence-corrected chi connectivity index (χ1v) is 7.31. The molecule has 0 aliphatic carbocycles. The topological polar surface area (TPSA) is 39.9 Å². The average Bonchev–Trinajstić information content (AvgIpc) is 2.74. The van der Waals surface area contributed by atoms with E-state index in [-0.39, 0.29) is 0 Å². The van der Waals surface area contributed by atoms with E-state index in [2.05, 4.69) is 39.9 Å². The normalized spacial score (nSPS) is 10.7. The Morgan fingerprint density at radius 1 is 1.37 bits per heavy atom. The number of hydrogen-bond acceptors (Lipinski definition) is 3. The van der Waals surface area contributed by atoms with Gasteiger partial charge in [-0.1, -0.05) is 18.5 Å². The predicted octanol–water partition coefficient (Wildman–Crippen LogP) is 3.86. The lowest BCUT2D eigenvalue weighted by Gasteiger charge is -2.08. The van der Waals surface area contributed by atoms with Gasteiger partial charge in [-0.3, -0.25) is 4.68 Å². The van der Waals surface area contributed by atoms with Gasteiger partial charge in [-0.25, -0.2) is 4.98 Å². The molecule has 2 heterocycles. The highest BCUT2D eigenvalue weighted by atomic mass is 79.9. The maximum atomic E-state index is 5.74. The molecule has 0 saturated carbocycles. The molecule has 4 nitrogen and oxygen atoms in total. The SMILES string of the molecule is CCc1nn(CC)c(COc2ccc(Cl)nc2)c1Br. The molecule has 0 saturated heterocycles. The van der Waals surface area contributed by atoms with Crippen molar-refractivity contribution in [1.82, 2.24) is 14.8 Å². The van der Waals surface area contributed by atoms with Crippen molar-refractivity contribution in [2.45, 2.75) is 33.4 Å². The van der Waals surface area contributed by atoms with Crippen LogP contribution in [0.5, 0.6) is 5.75 Å². The number of aromatic nitrogens is 3. The van der Waals surface area contributed by atoms with E-state index in [0.717, 1.165) is 28.8 Å². The molecule has 0 N–H and O–H groups in total. The van der Waals surface area contributed by atoms with E-state index in [1.165, 1.54) is 0 Å². The van der Waals surface area contributed by atoms with Crippen molar-refractivity contribution in [1.29, 1.82) is 0 Å². The molecule has 0 aliphatic heterocycles. The van der Waals surface area contributed by atoms with Crippen LogP contribution in [0.25, 0.3) is 0 Å². The third-order valence-electron chi connectivity index (χ3n) is 2.77. The molecule has 0 aliphatic rings. The van der Waals surface area contributed by atoms with Crippen LogP contribution < -0.4 is 4.74 Å². The van der Waals surface area contributed by atoms with E-state index < -0.39 is 0 Å². The van der Waals surface area contributed by atoms with Crippen LogP contribution in [-0.4, -0.2) is 14.8 Å². The monoisotopic (exact) mass is 343 g/mol. The Labute approximate surface area is 125 Å². The summed E-state index contributed by atoms with van der Waals surface area (Å²) in [4.78, 5) is 3.98. The van der Waals surface area contributed by atoms with Crippen LogP contribution in [0.3, 0.4) is 0 Å². The molecule has 2 rings (SSSR count). The van der Waals surface area contributed by atoms with Crippen molar-refractivity contribution in [3.8, 4) is 5.75 Å². The van der Waals surface area contributed by atoms with Crippen molar-refractivity contribution in [2.75, 3.05) is 0 Å². The first-order chi connectivity index (χ1) is 9.15. The molecule has 0 aromatic carbocycles. The van der Waals surface area contributed by atoms with Crippen molar-refractivity contribution >= 4 is 27.5 Å². The van der Waals surface area contributed by atoms with Gasteiger partial charge in [-0.05, 0) is 41.4 Å². The number of hydrogen-bond donors (Lipinski definition) is 0. The van der Waals surface area contributed by atoms with Gasteiger partial charge >= 0.3 is 0 Å². The van der Waals surface area contributed by atoms with E-state index in [1.54, 1.807) is 18.3 Å². The Balaban J connectivity index is 2.14. The molecule has 2 aromatic heterocycles. The fourth-order valence-corrected chi connectivity index (χ4v) is 2.55. The zero-order chi connectivity index (χ0) is 13.8. The summed E-state index contributed by atoms with van der Waals surface area (Å²) in [6.07, 6.45) is 2.51. The standard InChI is InChI=1S/C13H15BrClN3O/c1-3-10-13(14)11(18(4-2)17-10)8-19-9-5-6-12(15)16-7-9/h5-7H,3-4,8H2,1-2H3. The Morgan fingerprint density at radius 3 is 2.74 bits per heavy atom. The lowest BCUT2D eigenvalue weighted by Crippen LogP contribution is -2.06. The van der Waals surface area contributed by atoms with Gasteiger partial charge in [0, 0.05) is 6.54 Å². The van der Waals surface area contributed by atoms with E-state index in [4.69, 9.17) is 16.3 Å². The van der Waals surface area contributed by atoms with Crippen LogP contribution in [0.2, 0.25) is 5.15 Å². The van der Waals surface area contributed by atoms with Gasteiger partial charge < -0.3 is 4.74 Å². The van der Waals surface area contributed by atoms with Crippen molar-refractivity contribution < 1.29 is 4.74 Å². The van der Waals surface area contributed by atoms with Crippen molar-refractivity contribution in [3.63, 3.8) is 0 Å². The van der Waals surface area contributed by atoms with Gasteiger partial charge in [0.2, 0.25) is 0 Å². The van der Waals surface area contributed by atoms with Gasteiger partial charge in [0.1, 0.15) is 17.5 Å². The second-order valence-corrected chi connectivity index (χ2v) is 5.16. The maximum Gasteiger partial charge on any atom is 0.138 e. The van der Waals surface area contributed by atoms with Crippen molar-refractivity contribution in [2.24, 2.45) is 0 Å². The fourth-order valence-electron chi connectivity index (χ4n) is 1.75. The van der Waals surface area contributed by atoms with Crippen LogP contribution in [0.4, 0.5) is 0 Å². The largest absolute Gasteiger partial charge is 0.486 e. The number of halogens is 2. The second-order valence-electron chi connectivity index (χ2n) is 3.98. The molecule has 0 spiro atoms. The molecule has 0 atom stereocenters. The molecule has 6 heteroatoms. The summed E-state index contributed by atoms with van der Waals surface area (Å²) in [5, 5.41) is 4.98. The molecule has 0 bridgehead atoms. The lowest BCUT2D eigenvalue weighted by molar-refractivity contribution is 0.290. The van der Waals surface area contributed by atoms with Crippen LogP contribution >= 0.6 is 27.5 Å². The summed E-state index contributed by atoms with van der Waals surface area (Å²) < 4.78 is 8.69. The number of pyridine rings is 1. The minimum absolute atomic E-state index is 0.449. The summed E-state index contributed by atoms with van der Waals surface area (Å²) in [6, 6.07) is 3.51. The van der Waals surface area contributed by atoms with Gasteiger partial charge in [0.15, 0.2) is 0 Å². The second kappa shape index (κ2) is 6.39. The third kappa shape index (κ3) is 3.28. The first-order valence-electron chi connectivity index (χ1n) is 6.14. The van der Waals surface area contributed by atoms with E-state index >= 15 is 0 Å². The zero-order valence-corrected chi connectivity index (χ0v) is 13.2. The zero-order valence-electron chi connectivity index (χ0n) is 10.9. The minimum atomic E-state index is 0.449. The Kier molecular flexibility index (Phi) is 4.82. The molecule has 102 valence electrons. The molecule has 0 amide bonds. The Morgan fingerprint density at radius 2 is 2.16 bits per heavy atom. The molecule has 2 aromatic rings. The van der Waals surface area contributed by atoms with Gasteiger partial charge in [0.05, 0.1) is 22.1 Å². The maximum absolute atomic E-state index is 5.74. The van der Waals surface area contributed by atoms with Gasteiger partial charge in [-0.2, -0.15) is 5.10 Å². The first kappa shape index (κ1) is 14.3. The Bertz CT molecular complexity index is 554. The van der Waals surface area contributed by atoms with Crippen LogP contribution in [-0.2, 0) is 19.6 Å². The van der Waals surface area contributed by atoms with E-state index in [1.807, 2.05) is 4.68 Å². The summed E-state index contributed by atoms with van der Waals surface area (Å²) in [7, 11) is 0. The minimum Gasteiger partial charge on any atom is -0.486 e. The number of nitrogens with zero attached hydrogens (tertiary/aromatic N) is 3. The number of ether oxygens (including phenoxy) is 1. The highest BCUT2D eigenvalue weighted by Gasteiger charge is 2.14. The third-order valence-corrected chi connectivity index (χ3v) is 3.91. The number of rotatable bonds is 5.